The Morgan fingerprint density at radius 2 is 1.64 bits per heavy atom. The number of ether oxygens (including phenoxy) is 4. The zero-order chi connectivity index (χ0) is 27.4. The molecule has 1 aromatic carbocycles. The van der Waals surface area contributed by atoms with E-state index in [1.165, 1.54) is 40.6 Å². The molecule has 198 valence electrons. The van der Waals surface area contributed by atoms with Gasteiger partial charge in [-0.15, -0.1) is 0 Å². The average Bonchev–Trinajstić information content (AvgIpc) is 2.84. The lowest BCUT2D eigenvalue weighted by Crippen LogP contribution is -2.42. The van der Waals surface area contributed by atoms with Gasteiger partial charge >= 0.3 is 5.97 Å². The molecule has 2 rings (SSSR count). The van der Waals surface area contributed by atoms with Gasteiger partial charge < -0.3 is 27.8 Å². The minimum absolute atomic E-state index is 0.0369. The summed E-state index contributed by atoms with van der Waals surface area (Å²) in [6.07, 6.45) is 1.06. The van der Waals surface area contributed by atoms with Crippen LogP contribution in [-0.4, -0.2) is 48.5 Å². The minimum Gasteiger partial charge on any atom is -0.497 e. The second kappa shape index (κ2) is 11.3. The lowest BCUT2D eigenvalue weighted by molar-refractivity contribution is 0.0596. The number of benzene rings is 1. The molecule has 0 N–H and O–H groups in total. The SMILES string of the molecule is CCC(O[Si](C)(C)C(C)(C)C)c1occ(C(=O)c2c(OC)cc(OC)cc2C(=O)OC)c(=O)c1OC. The van der Waals surface area contributed by atoms with Gasteiger partial charge in [0.15, 0.2) is 14.1 Å². The lowest BCUT2D eigenvalue weighted by Gasteiger charge is -2.38. The van der Waals surface area contributed by atoms with Gasteiger partial charge in [-0.05, 0) is 30.6 Å². The molecule has 0 aliphatic rings. The Hall–Kier alpha value is -3.11. The van der Waals surface area contributed by atoms with Crippen LogP contribution < -0.4 is 19.6 Å². The van der Waals surface area contributed by atoms with Crippen LogP contribution in [-0.2, 0) is 9.16 Å². The van der Waals surface area contributed by atoms with Crippen LogP contribution in [0, 0.1) is 0 Å². The van der Waals surface area contributed by atoms with Crippen LogP contribution in [0.5, 0.6) is 17.2 Å². The summed E-state index contributed by atoms with van der Waals surface area (Å²) < 4.78 is 33.1. The van der Waals surface area contributed by atoms with E-state index in [1.54, 1.807) is 0 Å². The molecule has 0 aliphatic carbocycles. The minimum atomic E-state index is -2.22. The van der Waals surface area contributed by atoms with Crippen molar-refractivity contribution in [3.05, 3.63) is 51.1 Å². The number of ketones is 1. The summed E-state index contributed by atoms with van der Waals surface area (Å²) in [6, 6.07) is 2.78. The van der Waals surface area contributed by atoms with Gasteiger partial charge in [0.1, 0.15) is 29.4 Å². The Bertz CT molecular complexity index is 1180. The molecule has 10 heteroatoms. The summed E-state index contributed by atoms with van der Waals surface area (Å²) >= 11 is 0. The van der Waals surface area contributed by atoms with Crippen molar-refractivity contribution >= 4 is 20.1 Å². The van der Waals surface area contributed by atoms with Gasteiger partial charge in [0.2, 0.25) is 17.0 Å². The summed E-state index contributed by atoms with van der Waals surface area (Å²) in [4.78, 5) is 39.5. The van der Waals surface area contributed by atoms with Crippen LogP contribution in [0.2, 0.25) is 18.1 Å². The first-order valence-electron chi connectivity index (χ1n) is 11.5. The smallest absolute Gasteiger partial charge is 0.338 e. The van der Waals surface area contributed by atoms with E-state index >= 15 is 0 Å². The number of methoxy groups -OCH3 is 4. The zero-order valence-corrected chi connectivity index (χ0v) is 23.7. The monoisotopic (exact) mass is 520 g/mol. The highest BCUT2D eigenvalue weighted by Crippen LogP contribution is 2.41. The van der Waals surface area contributed by atoms with Crippen LogP contribution in [0.1, 0.15) is 72.3 Å². The standard InChI is InChI=1S/C26H36O9Si/c1-11-18(35-36(9,10)26(2,3)4)23-24(32-7)22(28)17(14-34-23)21(27)20-16(25(29)33-8)12-15(30-5)13-19(20)31-6/h12-14,18H,11H2,1-10H3. The highest BCUT2D eigenvalue weighted by molar-refractivity contribution is 6.74. The van der Waals surface area contributed by atoms with Crippen LogP contribution in [0.25, 0.3) is 0 Å². The van der Waals surface area contributed by atoms with Crippen molar-refractivity contribution in [1.82, 2.24) is 0 Å². The van der Waals surface area contributed by atoms with Gasteiger partial charge in [-0.3, -0.25) is 9.59 Å². The molecule has 1 unspecified atom stereocenters. The normalized spacial score (nSPS) is 12.6. The van der Waals surface area contributed by atoms with E-state index in [1.807, 2.05) is 6.92 Å². The number of carbonyl (C=O) groups excluding carboxylic acids is 2. The van der Waals surface area contributed by atoms with E-state index in [0.29, 0.717) is 6.42 Å². The summed E-state index contributed by atoms with van der Waals surface area (Å²) in [5.41, 5.74) is -1.29. The van der Waals surface area contributed by atoms with Gasteiger partial charge in [-0.1, -0.05) is 27.7 Å². The van der Waals surface area contributed by atoms with Gasteiger partial charge in [0.05, 0.1) is 39.6 Å². The van der Waals surface area contributed by atoms with Crippen molar-refractivity contribution in [1.29, 1.82) is 0 Å². The molecule has 0 saturated carbocycles. The molecule has 9 nitrogen and oxygen atoms in total. The molecular weight excluding hydrogens is 484 g/mol. The number of esters is 1. The largest absolute Gasteiger partial charge is 0.497 e. The fourth-order valence-corrected chi connectivity index (χ4v) is 4.74. The quantitative estimate of drug-likeness (QED) is 0.238. The highest BCUT2D eigenvalue weighted by atomic mass is 28.4. The first-order valence-corrected chi connectivity index (χ1v) is 14.4. The van der Waals surface area contributed by atoms with Crippen LogP contribution in [0.15, 0.2) is 27.6 Å². The maximum atomic E-state index is 13.6. The summed E-state index contributed by atoms with van der Waals surface area (Å²) in [6.45, 7) is 12.5. The third-order valence-corrected chi connectivity index (χ3v) is 11.0. The van der Waals surface area contributed by atoms with Crippen LogP contribution in [0.4, 0.5) is 0 Å². The molecule has 0 saturated heterocycles. The van der Waals surface area contributed by atoms with Crippen molar-refractivity contribution in [2.75, 3.05) is 28.4 Å². The summed E-state index contributed by atoms with van der Waals surface area (Å²) in [5, 5.41) is -0.0704. The van der Waals surface area contributed by atoms with Crippen molar-refractivity contribution in [2.24, 2.45) is 0 Å². The van der Waals surface area contributed by atoms with E-state index in [4.69, 9.17) is 27.8 Å². The lowest BCUT2D eigenvalue weighted by atomic mass is 9.97. The van der Waals surface area contributed by atoms with Crippen LogP contribution >= 0.6 is 0 Å². The van der Waals surface area contributed by atoms with E-state index in [2.05, 4.69) is 33.9 Å². The molecule has 1 aromatic heterocycles. The Labute approximate surface area is 212 Å². The number of hydrogen-bond acceptors (Lipinski definition) is 9. The third-order valence-electron chi connectivity index (χ3n) is 6.50. The Morgan fingerprint density at radius 1 is 1.00 bits per heavy atom. The van der Waals surface area contributed by atoms with E-state index in [9.17, 15) is 14.4 Å². The molecule has 1 heterocycles. The highest BCUT2D eigenvalue weighted by Gasteiger charge is 2.40. The van der Waals surface area contributed by atoms with Crippen molar-refractivity contribution < 1.29 is 37.4 Å². The van der Waals surface area contributed by atoms with Crippen molar-refractivity contribution in [2.45, 2.75) is 58.4 Å². The number of hydrogen-bond donors (Lipinski definition) is 0. The first-order chi connectivity index (χ1) is 16.8. The van der Waals surface area contributed by atoms with Crippen LogP contribution in [0.3, 0.4) is 0 Å². The molecular formula is C26H36O9Si. The Kier molecular flexibility index (Phi) is 9.14. The molecule has 0 fully saturated rings. The van der Waals surface area contributed by atoms with E-state index in [-0.39, 0.29) is 44.7 Å². The predicted octanol–water partition coefficient (Wildman–Crippen LogP) is 5.16. The fourth-order valence-electron chi connectivity index (χ4n) is 3.40. The Morgan fingerprint density at radius 3 is 2.11 bits per heavy atom. The van der Waals surface area contributed by atoms with Gasteiger partial charge in [0, 0.05) is 6.07 Å². The second-order valence-corrected chi connectivity index (χ2v) is 14.5. The maximum absolute atomic E-state index is 13.6. The molecule has 0 spiro atoms. The van der Waals surface area contributed by atoms with Gasteiger partial charge in [0.25, 0.3) is 0 Å². The van der Waals surface area contributed by atoms with Crippen molar-refractivity contribution in [3.63, 3.8) is 0 Å². The molecule has 0 aliphatic heterocycles. The zero-order valence-electron chi connectivity index (χ0n) is 22.7. The van der Waals surface area contributed by atoms with Gasteiger partial charge in [-0.25, -0.2) is 4.79 Å². The van der Waals surface area contributed by atoms with Gasteiger partial charge in [-0.2, -0.15) is 0 Å². The summed E-state index contributed by atoms with van der Waals surface area (Å²) in [5.74, 6) is -1.18. The maximum Gasteiger partial charge on any atom is 0.338 e. The third kappa shape index (κ3) is 5.65. The Balaban J connectivity index is 2.69. The molecule has 0 radical (unpaired) electrons. The summed E-state index contributed by atoms with van der Waals surface area (Å²) in [7, 11) is 3.03. The predicted molar refractivity (Wildman–Crippen MR) is 137 cm³/mol. The molecule has 0 amide bonds. The van der Waals surface area contributed by atoms with E-state index in [0.717, 1.165) is 6.26 Å². The molecule has 1 atom stereocenters. The number of carbonyl (C=O) groups is 2. The molecule has 2 aromatic rings. The topological polar surface area (TPSA) is 111 Å². The molecule has 36 heavy (non-hydrogen) atoms. The second-order valence-electron chi connectivity index (χ2n) is 9.72. The first kappa shape index (κ1) is 29.1. The van der Waals surface area contributed by atoms with E-state index < -0.39 is 31.6 Å². The van der Waals surface area contributed by atoms with Crippen molar-refractivity contribution in [3.8, 4) is 17.2 Å². The number of rotatable bonds is 10. The fraction of sp³-hybridized carbons (Fsp3) is 0.500. The average molecular weight is 521 g/mol. The molecule has 0 bridgehead atoms.